The zero-order valence-electron chi connectivity index (χ0n) is 22.9. The SMILES string of the molecule is [2H]C([2H])([2H])c1cnc(-c2cccc3c2sc2cc4c(ccc5ccccc54)cc23)cc1C([2H])([2H])C(C)C. The minimum absolute atomic E-state index is 0.0309. The Morgan fingerprint density at radius 1 is 0.875 bits per heavy atom. The van der Waals surface area contributed by atoms with Gasteiger partial charge in [0, 0.05) is 38.8 Å². The van der Waals surface area contributed by atoms with Gasteiger partial charge >= 0.3 is 0 Å². The number of hydrogen-bond acceptors (Lipinski definition) is 2. The number of benzene rings is 4. The maximum Gasteiger partial charge on any atom is 0.0719 e. The summed E-state index contributed by atoms with van der Waals surface area (Å²) in [4.78, 5) is 4.55. The fourth-order valence-electron chi connectivity index (χ4n) is 4.53. The molecule has 0 fully saturated rings. The quantitative estimate of drug-likeness (QED) is 0.252. The van der Waals surface area contributed by atoms with Crippen molar-refractivity contribution < 1.29 is 6.85 Å². The van der Waals surface area contributed by atoms with Crippen LogP contribution in [-0.2, 0) is 6.37 Å². The highest BCUT2D eigenvalue weighted by molar-refractivity contribution is 7.26. The van der Waals surface area contributed by atoms with Crippen LogP contribution in [0.15, 0.2) is 79.0 Å². The zero-order chi connectivity index (χ0) is 26.1. The van der Waals surface area contributed by atoms with E-state index < -0.39 is 19.1 Å². The van der Waals surface area contributed by atoms with E-state index in [2.05, 4.69) is 59.6 Å². The summed E-state index contributed by atoms with van der Waals surface area (Å²) in [6.45, 7) is 1.09. The van der Waals surface area contributed by atoms with Crippen LogP contribution in [0.2, 0.25) is 0 Å². The first-order valence-electron chi connectivity index (χ1n) is 13.3. The van der Waals surface area contributed by atoms with Crippen molar-refractivity contribution in [3.05, 3.63) is 90.1 Å². The number of thiophene rings is 1. The normalized spacial score (nSPS) is 15.2. The Balaban J connectivity index is 1.61. The van der Waals surface area contributed by atoms with Gasteiger partial charge in [-0.15, -0.1) is 11.3 Å². The Morgan fingerprint density at radius 3 is 2.59 bits per heavy atom. The van der Waals surface area contributed by atoms with Gasteiger partial charge in [-0.2, -0.15) is 0 Å². The van der Waals surface area contributed by atoms with Gasteiger partial charge in [0.05, 0.1) is 5.69 Å². The van der Waals surface area contributed by atoms with E-state index in [0.29, 0.717) is 5.69 Å². The Kier molecular flexibility index (Phi) is 3.43. The maximum absolute atomic E-state index is 8.69. The first-order chi connectivity index (χ1) is 17.6. The third kappa shape index (κ3) is 3.10. The first kappa shape index (κ1) is 14.8. The van der Waals surface area contributed by atoms with Crippen LogP contribution in [0.25, 0.3) is 53.0 Å². The maximum atomic E-state index is 8.69. The molecule has 0 aliphatic carbocycles. The molecule has 0 N–H and O–H groups in total. The summed E-state index contributed by atoms with van der Waals surface area (Å²) >= 11 is 1.69. The van der Waals surface area contributed by atoms with E-state index in [1.54, 1.807) is 31.3 Å². The van der Waals surface area contributed by atoms with Crippen molar-refractivity contribution in [1.82, 2.24) is 4.98 Å². The van der Waals surface area contributed by atoms with E-state index in [1.807, 2.05) is 12.1 Å². The fourth-order valence-corrected chi connectivity index (χ4v) is 5.78. The topological polar surface area (TPSA) is 12.9 Å². The van der Waals surface area contributed by atoms with Crippen LogP contribution in [0.1, 0.15) is 31.8 Å². The van der Waals surface area contributed by atoms with Gasteiger partial charge in [-0.25, -0.2) is 0 Å². The number of pyridine rings is 1. The second kappa shape index (κ2) is 7.43. The molecule has 0 bridgehead atoms. The summed E-state index contributed by atoms with van der Waals surface area (Å²) in [5.41, 5.74) is 1.62. The molecule has 4 aromatic carbocycles. The Morgan fingerprint density at radius 2 is 1.72 bits per heavy atom. The molecule has 0 aliphatic heterocycles. The summed E-state index contributed by atoms with van der Waals surface area (Å²) in [7, 11) is 0. The van der Waals surface area contributed by atoms with Crippen molar-refractivity contribution in [3.63, 3.8) is 0 Å². The summed E-state index contributed by atoms with van der Waals surface area (Å²) in [6.07, 6.45) is -0.473. The smallest absolute Gasteiger partial charge is 0.0719 e. The summed E-state index contributed by atoms with van der Waals surface area (Å²) < 4.78 is 43.5. The highest BCUT2D eigenvalue weighted by atomic mass is 32.1. The molecule has 2 aromatic heterocycles. The number of hydrogen-bond donors (Lipinski definition) is 0. The largest absolute Gasteiger partial charge is 0.256 e. The fraction of sp³-hybridized carbons (Fsp3) is 0.167. The summed E-state index contributed by atoms with van der Waals surface area (Å²) in [6, 6.07) is 25.0. The van der Waals surface area contributed by atoms with Gasteiger partial charge in [-0.05, 0) is 70.0 Å². The van der Waals surface area contributed by atoms with Gasteiger partial charge in [0.25, 0.3) is 0 Å². The van der Waals surface area contributed by atoms with Crippen LogP contribution in [-0.4, -0.2) is 4.98 Å². The van der Waals surface area contributed by atoms with Gasteiger partial charge in [-0.1, -0.05) is 68.4 Å². The molecule has 1 nitrogen and oxygen atoms in total. The van der Waals surface area contributed by atoms with Crippen molar-refractivity contribution in [3.8, 4) is 11.3 Å². The standard InChI is InChI=1S/C30H25NS/c1-18(2)13-22-15-28(31-17-19(22)3)25-10-6-9-24-27-14-21-12-11-20-7-4-5-8-23(20)26(21)16-29(27)32-30(24)25/h4-12,14-18H,13H2,1-3H3/i3D3,13D2. The average Bonchev–Trinajstić information content (AvgIpc) is 3.24. The second-order valence-corrected chi connectivity index (χ2v) is 9.61. The molecule has 6 rings (SSSR count). The number of rotatable bonds is 3. The van der Waals surface area contributed by atoms with Crippen molar-refractivity contribution in [2.75, 3.05) is 0 Å². The molecule has 0 atom stereocenters. The number of aromatic nitrogens is 1. The van der Waals surface area contributed by atoms with Crippen LogP contribution >= 0.6 is 11.3 Å². The third-order valence-corrected chi connectivity index (χ3v) is 7.19. The Hall–Kier alpha value is -3.23. The monoisotopic (exact) mass is 436 g/mol. The third-order valence-electron chi connectivity index (χ3n) is 5.99. The summed E-state index contributed by atoms with van der Waals surface area (Å²) in [5, 5.41) is 7.11. The molecule has 0 saturated carbocycles. The molecule has 2 heteroatoms. The van der Waals surface area contributed by atoms with Crippen LogP contribution < -0.4 is 0 Å². The molecule has 0 amide bonds. The first-order valence-corrected chi connectivity index (χ1v) is 11.7. The Bertz CT molecular complexity index is 1830. The van der Waals surface area contributed by atoms with Gasteiger partial charge in [0.15, 0.2) is 0 Å². The molecule has 0 unspecified atom stereocenters. The molecule has 0 radical (unpaired) electrons. The number of fused-ring (bicyclic) bond motifs is 6. The van der Waals surface area contributed by atoms with E-state index in [-0.39, 0.29) is 11.1 Å². The summed E-state index contributed by atoms with van der Waals surface area (Å²) in [5.74, 6) is -0.397. The lowest BCUT2D eigenvalue weighted by Gasteiger charge is -2.11. The van der Waals surface area contributed by atoms with Crippen molar-refractivity contribution >= 4 is 53.1 Å². The van der Waals surface area contributed by atoms with E-state index >= 15 is 0 Å². The lowest BCUT2D eigenvalue weighted by molar-refractivity contribution is 0.644. The molecule has 6 aromatic rings. The van der Waals surface area contributed by atoms with Gasteiger partial charge < -0.3 is 0 Å². The highest BCUT2D eigenvalue weighted by Crippen LogP contribution is 2.42. The van der Waals surface area contributed by atoms with Crippen molar-refractivity contribution in [2.24, 2.45) is 5.92 Å². The van der Waals surface area contributed by atoms with E-state index in [9.17, 15) is 0 Å². The lowest BCUT2D eigenvalue weighted by atomic mass is 9.97. The van der Waals surface area contributed by atoms with Crippen LogP contribution in [0.3, 0.4) is 0 Å². The van der Waals surface area contributed by atoms with Crippen molar-refractivity contribution in [1.29, 1.82) is 0 Å². The molecule has 156 valence electrons. The molecule has 2 heterocycles. The van der Waals surface area contributed by atoms with E-state index in [1.165, 1.54) is 37.8 Å². The van der Waals surface area contributed by atoms with Gasteiger partial charge in [0.1, 0.15) is 0 Å². The van der Waals surface area contributed by atoms with Crippen LogP contribution in [0.5, 0.6) is 0 Å². The lowest BCUT2D eigenvalue weighted by Crippen LogP contribution is -1.98. The molecule has 0 aliphatic rings. The van der Waals surface area contributed by atoms with E-state index in [0.717, 1.165) is 15.6 Å². The minimum Gasteiger partial charge on any atom is -0.256 e. The Labute approximate surface area is 199 Å². The zero-order valence-corrected chi connectivity index (χ0v) is 18.8. The predicted molar refractivity (Wildman–Crippen MR) is 141 cm³/mol. The van der Waals surface area contributed by atoms with Crippen LogP contribution in [0, 0.1) is 12.8 Å². The molecular formula is C30H25NS. The van der Waals surface area contributed by atoms with Gasteiger partial charge in [0.2, 0.25) is 0 Å². The molecular weight excluding hydrogens is 406 g/mol. The second-order valence-electron chi connectivity index (χ2n) is 8.55. The van der Waals surface area contributed by atoms with Crippen LogP contribution in [0.4, 0.5) is 0 Å². The highest BCUT2D eigenvalue weighted by Gasteiger charge is 2.14. The van der Waals surface area contributed by atoms with Crippen molar-refractivity contribution in [2.45, 2.75) is 27.1 Å². The molecule has 0 saturated heterocycles. The average molecular weight is 437 g/mol. The number of aryl methyl sites for hydroxylation is 1. The predicted octanol–water partition coefficient (Wildman–Crippen LogP) is 8.93. The minimum atomic E-state index is -2.45. The van der Waals surface area contributed by atoms with Gasteiger partial charge in [-0.3, -0.25) is 4.98 Å². The van der Waals surface area contributed by atoms with E-state index in [4.69, 9.17) is 6.85 Å². The molecule has 0 spiro atoms. The number of nitrogens with zero attached hydrogens (tertiary/aromatic N) is 1. The molecule has 32 heavy (non-hydrogen) atoms.